The molecule has 2 aliphatic rings. The number of halogens is 2. The van der Waals surface area contributed by atoms with Gasteiger partial charge in [0.2, 0.25) is 0 Å². The molecule has 0 saturated carbocycles. The Kier molecular flexibility index (Phi) is 8.34. The molecule has 1 amide bonds. The van der Waals surface area contributed by atoms with Gasteiger partial charge < -0.3 is 10.6 Å². The minimum atomic E-state index is 0. The average Bonchev–Trinajstić information content (AvgIpc) is 3.00. The Morgan fingerprint density at radius 1 is 1.13 bits per heavy atom. The van der Waals surface area contributed by atoms with Crippen molar-refractivity contribution in [1.29, 1.82) is 0 Å². The summed E-state index contributed by atoms with van der Waals surface area (Å²) in [6.45, 7) is 4.84. The van der Waals surface area contributed by atoms with Gasteiger partial charge in [0.15, 0.2) is 0 Å². The van der Waals surface area contributed by atoms with Gasteiger partial charge in [0, 0.05) is 31.2 Å². The second kappa shape index (κ2) is 9.48. The first-order valence-corrected chi connectivity index (χ1v) is 8.08. The lowest BCUT2D eigenvalue weighted by molar-refractivity contribution is 0.0708. The van der Waals surface area contributed by atoms with Crippen molar-refractivity contribution in [1.82, 2.24) is 9.80 Å². The Morgan fingerprint density at radius 3 is 2.57 bits per heavy atom. The number of carbonyl (C=O) groups is 1. The number of nitrogens with two attached hydrogens (primary N) is 1. The molecule has 0 aliphatic carbocycles. The zero-order valence-electron chi connectivity index (χ0n) is 13.4. The lowest BCUT2D eigenvalue weighted by atomic mass is 10.0. The molecule has 0 bridgehead atoms. The van der Waals surface area contributed by atoms with E-state index in [2.05, 4.69) is 17.0 Å². The molecule has 1 unspecified atom stereocenters. The predicted octanol–water partition coefficient (Wildman–Crippen LogP) is 2.69. The minimum Gasteiger partial charge on any atom is -0.337 e. The van der Waals surface area contributed by atoms with Gasteiger partial charge in [-0.15, -0.1) is 24.8 Å². The third kappa shape index (κ3) is 5.35. The van der Waals surface area contributed by atoms with Crippen molar-refractivity contribution in [3.63, 3.8) is 0 Å². The number of nitrogens with zero attached hydrogens (tertiary/aromatic N) is 2. The Bertz CT molecular complexity index is 506. The molecule has 2 heterocycles. The lowest BCUT2D eigenvalue weighted by Crippen LogP contribution is -2.45. The van der Waals surface area contributed by atoms with E-state index in [0.29, 0.717) is 6.54 Å². The highest BCUT2D eigenvalue weighted by Gasteiger charge is 2.22. The lowest BCUT2D eigenvalue weighted by Gasteiger charge is -2.31. The molecule has 2 fully saturated rings. The standard InChI is InChI=1S/C17H25N3O.2ClH/c18-16-7-4-10-20(13-16)17(21)15-6-3-5-14(11-15)12-19-8-1-2-9-19;;/h3,5-6,11,16H,1-2,4,7-10,12-13,18H2;2*1H. The first-order chi connectivity index (χ1) is 10.2. The molecule has 1 aromatic carbocycles. The molecule has 23 heavy (non-hydrogen) atoms. The van der Waals surface area contributed by atoms with Crippen LogP contribution < -0.4 is 5.73 Å². The summed E-state index contributed by atoms with van der Waals surface area (Å²) in [4.78, 5) is 17.0. The number of amides is 1. The van der Waals surface area contributed by atoms with Crippen LogP contribution in [-0.2, 0) is 6.54 Å². The van der Waals surface area contributed by atoms with Crippen LogP contribution in [0.25, 0.3) is 0 Å². The molecule has 6 heteroatoms. The predicted molar refractivity (Wildman–Crippen MR) is 98.6 cm³/mol. The summed E-state index contributed by atoms with van der Waals surface area (Å²) in [6, 6.07) is 8.24. The molecular weight excluding hydrogens is 333 g/mol. The van der Waals surface area contributed by atoms with E-state index in [4.69, 9.17) is 5.73 Å². The van der Waals surface area contributed by atoms with Crippen LogP contribution in [-0.4, -0.2) is 47.9 Å². The maximum absolute atomic E-state index is 12.6. The number of benzene rings is 1. The van der Waals surface area contributed by atoms with Crippen LogP contribution in [0.3, 0.4) is 0 Å². The number of piperidine rings is 1. The molecule has 130 valence electrons. The Balaban J connectivity index is 0.00000132. The van der Waals surface area contributed by atoms with Crippen molar-refractivity contribution in [3.8, 4) is 0 Å². The van der Waals surface area contributed by atoms with E-state index in [9.17, 15) is 4.79 Å². The number of hydrogen-bond acceptors (Lipinski definition) is 3. The maximum Gasteiger partial charge on any atom is 0.253 e. The fourth-order valence-corrected chi connectivity index (χ4v) is 3.38. The van der Waals surface area contributed by atoms with Gasteiger partial charge >= 0.3 is 0 Å². The number of hydrogen-bond donors (Lipinski definition) is 1. The third-order valence-corrected chi connectivity index (χ3v) is 4.52. The minimum absolute atomic E-state index is 0. The Morgan fingerprint density at radius 2 is 1.87 bits per heavy atom. The van der Waals surface area contributed by atoms with Crippen molar-refractivity contribution in [2.75, 3.05) is 26.2 Å². The van der Waals surface area contributed by atoms with E-state index < -0.39 is 0 Å². The second-order valence-electron chi connectivity index (χ2n) is 6.34. The van der Waals surface area contributed by atoms with Gasteiger partial charge in [-0.05, 0) is 56.5 Å². The zero-order valence-corrected chi connectivity index (χ0v) is 15.1. The quantitative estimate of drug-likeness (QED) is 0.902. The number of likely N-dealkylation sites (tertiary alicyclic amines) is 2. The molecule has 1 atom stereocenters. The summed E-state index contributed by atoms with van der Waals surface area (Å²) in [5, 5.41) is 0. The van der Waals surface area contributed by atoms with Gasteiger partial charge in [-0.2, -0.15) is 0 Å². The molecule has 2 aliphatic heterocycles. The summed E-state index contributed by atoms with van der Waals surface area (Å²) in [5.74, 6) is 0.133. The normalized spacial score (nSPS) is 21.4. The van der Waals surface area contributed by atoms with Crippen molar-refractivity contribution in [2.45, 2.75) is 38.3 Å². The summed E-state index contributed by atoms with van der Waals surface area (Å²) < 4.78 is 0. The van der Waals surface area contributed by atoms with Gasteiger partial charge in [0.05, 0.1) is 0 Å². The van der Waals surface area contributed by atoms with Gasteiger partial charge in [0.25, 0.3) is 5.91 Å². The maximum atomic E-state index is 12.6. The van der Waals surface area contributed by atoms with Crippen molar-refractivity contribution >= 4 is 30.7 Å². The largest absolute Gasteiger partial charge is 0.337 e. The average molecular weight is 360 g/mol. The Labute approximate surface area is 151 Å². The monoisotopic (exact) mass is 359 g/mol. The van der Waals surface area contributed by atoms with Crippen LogP contribution in [0.2, 0.25) is 0 Å². The van der Waals surface area contributed by atoms with Crippen LogP contribution in [0.1, 0.15) is 41.6 Å². The highest BCUT2D eigenvalue weighted by molar-refractivity contribution is 5.94. The Hall–Kier alpha value is -0.810. The van der Waals surface area contributed by atoms with E-state index in [-0.39, 0.29) is 36.8 Å². The molecule has 2 saturated heterocycles. The highest BCUT2D eigenvalue weighted by Crippen LogP contribution is 2.16. The van der Waals surface area contributed by atoms with Crippen molar-refractivity contribution < 1.29 is 4.79 Å². The van der Waals surface area contributed by atoms with Gasteiger partial charge in [-0.25, -0.2) is 0 Å². The van der Waals surface area contributed by atoms with E-state index in [1.807, 2.05) is 17.0 Å². The molecule has 0 aromatic heterocycles. The van der Waals surface area contributed by atoms with Crippen molar-refractivity contribution in [2.24, 2.45) is 5.73 Å². The molecule has 0 spiro atoms. The molecule has 4 nitrogen and oxygen atoms in total. The zero-order chi connectivity index (χ0) is 14.7. The second-order valence-corrected chi connectivity index (χ2v) is 6.34. The first-order valence-electron chi connectivity index (χ1n) is 8.08. The molecule has 2 N–H and O–H groups in total. The smallest absolute Gasteiger partial charge is 0.253 e. The van der Waals surface area contributed by atoms with Crippen LogP contribution in [0.5, 0.6) is 0 Å². The molecule has 3 rings (SSSR count). The van der Waals surface area contributed by atoms with E-state index in [1.54, 1.807) is 0 Å². The van der Waals surface area contributed by atoms with Crippen LogP contribution in [0.4, 0.5) is 0 Å². The van der Waals surface area contributed by atoms with Crippen molar-refractivity contribution in [3.05, 3.63) is 35.4 Å². The van der Waals surface area contributed by atoms with E-state index in [1.165, 1.54) is 31.5 Å². The van der Waals surface area contributed by atoms with E-state index >= 15 is 0 Å². The van der Waals surface area contributed by atoms with Gasteiger partial charge in [0.1, 0.15) is 0 Å². The fraction of sp³-hybridized carbons (Fsp3) is 0.588. The van der Waals surface area contributed by atoms with Crippen LogP contribution >= 0.6 is 24.8 Å². The summed E-state index contributed by atoms with van der Waals surface area (Å²) >= 11 is 0. The molecular formula is C17H27Cl2N3O. The third-order valence-electron chi connectivity index (χ3n) is 4.52. The first kappa shape index (κ1) is 20.2. The SMILES string of the molecule is Cl.Cl.NC1CCCN(C(=O)c2cccc(CN3CCCC3)c2)C1. The number of rotatable bonds is 3. The fourth-order valence-electron chi connectivity index (χ4n) is 3.38. The van der Waals surface area contributed by atoms with E-state index in [0.717, 1.165) is 31.5 Å². The summed E-state index contributed by atoms with van der Waals surface area (Å²) in [6.07, 6.45) is 4.63. The van der Waals surface area contributed by atoms with Gasteiger partial charge in [-0.1, -0.05) is 12.1 Å². The molecule has 0 radical (unpaired) electrons. The highest BCUT2D eigenvalue weighted by atomic mass is 35.5. The number of carbonyl (C=O) groups excluding carboxylic acids is 1. The summed E-state index contributed by atoms with van der Waals surface area (Å²) in [5.41, 5.74) is 8.03. The van der Waals surface area contributed by atoms with Crippen LogP contribution in [0.15, 0.2) is 24.3 Å². The van der Waals surface area contributed by atoms with Gasteiger partial charge in [-0.3, -0.25) is 9.69 Å². The topological polar surface area (TPSA) is 49.6 Å². The summed E-state index contributed by atoms with van der Waals surface area (Å²) in [7, 11) is 0. The molecule has 1 aromatic rings. The van der Waals surface area contributed by atoms with Crippen LogP contribution in [0, 0.1) is 0 Å².